The highest BCUT2D eigenvalue weighted by Gasteiger charge is 2.19. The van der Waals surface area contributed by atoms with Gasteiger partial charge in [-0.15, -0.1) is 0 Å². The molecular weight excluding hydrogens is 427 g/mol. The fraction of sp³-hybridized carbons (Fsp3) is 0.320. The van der Waals surface area contributed by atoms with Crippen LogP contribution in [0.1, 0.15) is 60.8 Å². The van der Waals surface area contributed by atoms with Crippen LogP contribution < -0.4 is 10.0 Å². The summed E-state index contributed by atoms with van der Waals surface area (Å²) in [6, 6.07) is 13.8. The lowest BCUT2D eigenvalue weighted by Crippen LogP contribution is -2.27. The molecular formula is C25H29FN2O3S. The Balaban J connectivity index is 1.82. The van der Waals surface area contributed by atoms with E-state index >= 15 is 0 Å². The summed E-state index contributed by atoms with van der Waals surface area (Å²) in [7, 11) is -3.52. The van der Waals surface area contributed by atoms with Gasteiger partial charge < -0.3 is 5.32 Å². The van der Waals surface area contributed by atoms with Crippen molar-refractivity contribution in [3.63, 3.8) is 0 Å². The van der Waals surface area contributed by atoms with Gasteiger partial charge in [0.2, 0.25) is 10.0 Å². The first kappa shape index (κ1) is 23.7. The van der Waals surface area contributed by atoms with Gasteiger partial charge in [-0.2, -0.15) is 0 Å². The molecule has 3 aromatic rings. The van der Waals surface area contributed by atoms with Gasteiger partial charge in [0.05, 0.1) is 18.0 Å². The monoisotopic (exact) mass is 456 g/mol. The number of rotatable bonds is 5. The molecule has 0 unspecified atom stereocenters. The largest absolute Gasteiger partial charge is 0.345 e. The van der Waals surface area contributed by atoms with E-state index in [-0.39, 0.29) is 22.6 Å². The minimum absolute atomic E-state index is 0.0360. The third-order valence-electron chi connectivity index (χ3n) is 5.42. The molecule has 3 aromatic carbocycles. The second kappa shape index (κ2) is 8.54. The zero-order valence-corrected chi connectivity index (χ0v) is 20.0. The summed E-state index contributed by atoms with van der Waals surface area (Å²) in [4.78, 5) is 12.8. The van der Waals surface area contributed by atoms with E-state index in [1.165, 1.54) is 5.56 Å². The van der Waals surface area contributed by atoms with Gasteiger partial charge in [-0.05, 0) is 65.4 Å². The first-order chi connectivity index (χ1) is 14.7. The van der Waals surface area contributed by atoms with E-state index in [0.29, 0.717) is 11.1 Å². The first-order valence-corrected chi connectivity index (χ1v) is 12.3. The quantitative estimate of drug-likeness (QED) is 0.536. The van der Waals surface area contributed by atoms with Crippen LogP contribution in [0.15, 0.2) is 48.5 Å². The van der Waals surface area contributed by atoms with Gasteiger partial charge in [0.15, 0.2) is 0 Å². The van der Waals surface area contributed by atoms with Gasteiger partial charge in [-0.3, -0.25) is 9.52 Å². The molecule has 0 bridgehead atoms. The average molecular weight is 457 g/mol. The Morgan fingerprint density at radius 3 is 2.25 bits per heavy atom. The molecule has 0 aliphatic carbocycles. The molecule has 3 rings (SSSR count). The highest BCUT2D eigenvalue weighted by atomic mass is 32.2. The van der Waals surface area contributed by atoms with Gasteiger partial charge in [0.1, 0.15) is 5.82 Å². The van der Waals surface area contributed by atoms with Crippen LogP contribution in [0.3, 0.4) is 0 Å². The van der Waals surface area contributed by atoms with Crippen molar-refractivity contribution in [1.29, 1.82) is 0 Å². The van der Waals surface area contributed by atoms with Crippen molar-refractivity contribution < 1.29 is 17.6 Å². The fourth-order valence-corrected chi connectivity index (χ4v) is 4.18. The number of sulfonamides is 1. The van der Waals surface area contributed by atoms with Crippen LogP contribution in [0.25, 0.3) is 10.8 Å². The number of aryl methyl sites for hydroxylation is 1. The lowest BCUT2D eigenvalue weighted by molar-refractivity contribution is 0.0939. The Morgan fingerprint density at radius 2 is 1.62 bits per heavy atom. The summed E-state index contributed by atoms with van der Waals surface area (Å²) in [5.74, 6) is -0.905. The van der Waals surface area contributed by atoms with E-state index in [2.05, 4.69) is 42.9 Å². The molecule has 0 fully saturated rings. The second-order valence-corrected chi connectivity index (χ2v) is 11.0. The topological polar surface area (TPSA) is 75.3 Å². The summed E-state index contributed by atoms with van der Waals surface area (Å²) in [6.07, 6.45) is 1.01. The number of fused-ring (bicyclic) bond motifs is 1. The van der Waals surface area contributed by atoms with E-state index in [1.807, 2.05) is 18.2 Å². The van der Waals surface area contributed by atoms with Crippen molar-refractivity contribution in [2.24, 2.45) is 0 Å². The minimum Gasteiger partial charge on any atom is -0.345 e. The Kier molecular flexibility index (Phi) is 6.33. The number of halogens is 1. The van der Waals surface area contributed by atoms with Crippen molar-refractivity contribution >= 4 is 32.4 Å². The van der Waals surface area contributed by atoms with Gasteiger partial charge in [-0.1, -0.05) is 45.0 Å². The van der Waals surface area contributed by atoms with Crippen molar-refractivity contribution in [1.82, 2.24) is 5.32 Å². The molecule has 0 aliphatic heterocycles. The highest BCUT2D eigenvalue weighted by molar-refractivity contribution is 7.92. The third kappa shape index (κ3) is 5.46. The Hall–Kier alpha value is -2.93. The minimum atomic E-state index is -3.52. The maximum Gasteiger partial charge on any atom is 0.251 e. The molecule has 7 heteroatoms. The Morgan fingerprint density at radius 1 is 1.00 bits per heavy atom. The summed E-state index contributed by atoms with van der Waals surface area (Å²) >= 11 is 0. The molecule has 170 valence electrons. The van der Waals surface area contributed by atoms with Crippen LogP contribution in [0.5, 0.6) is 0 Å². The molecule has 5 nitrogen and oxygen atoms in total. The molecule has 0 aliphatic rings. The molecule has 2 N–H and O–H groups in total. The number of carbonyl (C=O) groups is 1. The molecule has 1 amide bonds. The van der Waals surface area contributed by atoms with Gasteiger partial charge in [-0.25, -0.2) is 12.8 Å². The predicted molar refractivity (Wildman–Crippen MR) is 128 cm³/mol. The predicted octanol–water partition coefficient (Wildman–Crippen LogP) is 5.45. The van der Waals surface area contributed by atoms with E-state index < -0.39 is 21.9 Å². The lowest BCUT2D eigenvalue weighted by atomic mass is 9.86. The van der Waals surface area contributed by atoms with Gasteiger partial charge >= 0.3 is 0 Å². The third-order valence-corrected chi connectivity index (χ3v) is 6.01. The normalized spacial score (nSPS) is 13.1. The summed E-state index contributed by atoms with van der Waals surface area (Å²) in [6.45, 7) is 9.84. The van der Waals surface area contributed by atoms with Gasteiger partial charge in [0.25, 0.3) is 5.91 Å². The van der Waals surface area contributed by atoms with E-state index in [4.69, 9.17) is 0 Å². The molecule has 0 saturated carbocycles. The summed E-state index contributed by atoms with van der Waals surface area (Å²) in [5.41, 5.74) is 2.76. The van der Waals surface area contributed by atoms with Crippen molar-refractivity contribution in [3.05, 3.63) is 76.6 Å². The second-order valence-electron chi connectivity index (χ2n) is 9.28. The molecule has 0 saturated heterocycles. The standard InChI is InChI=1S/C25H29FN2O3S/c1-15-11-21(22(26)14-23(15)28-32(6,30)31)16(2)27-24(29)19-8-7-18-13-20(25(3,4)5)10-9-17(18)12-19/h7-14,16,28H,1-6H3,(H,27,29)/t16-/m1/s1. The molecule has 1 atom stereocenters. The fourth-order valence-electron chi connectivity index (χ4n) is 3.56. The van der Waals surface area contributed by atoms with Crippen molar-refractivity contribution in [2.75, 3.05) is 11.0 Å². The van der Waals surface area contributed by atoms with E-state index in [1.54, 1.807) is 26.0 Å². The molecule has 0 aromatic heterocycles. The number of nitrogens with one attached hydrogen (secondary N) is 2. The number of benzene rings is 3. The average Bonchev–Trinajstić information content (AvgIpc) is 2.67. The number of anilines is 1. The van der Waals surface area contributed by atoms with Crippen LogP contribution in [-0.2, 0) is 15.4 Å². The van der Waals surface area contributed by atoms with Crippen LogP contribution in [0, 0.1) is 12.7 Å². The smallest absolute Gasteiger partial charge is 0.251 e. The molecule has 0 heterocycles. The van der Waals surface area contributed by atoms with Crippen LogP contribution in [0.2, 0.25) is 0 Å². The maximum atomic E-state index is 14.7. The SMILES string of the molecule is Cc1cc([C@@H](C)NC(=O)c2ccc3cc(C(C)(C)C)ccc3c2)c(F)cc1NS(C)(=O)=O. The zero-order valence-electron chi connectivity index (χ0n) is 19.2. The number of hydrogen-bond acceptors (Lipinski definition) is 3. The summed E-state index contributed by atoms with van der Waals surface area (Å²) in [5, 5.41) is 4.84. The summed E-state index contributed by atoms with van der Waals surface area (Å²) < 4.78 is 39.9. The van der Waals surface area contributed by atoms with Crippen molar-refractivity contribution in [3.8, 4) is 0 Å². The van der Waals surface area contributed by atoms with E-state index in [9.17, 15) is 17.6 Å². The first-order valence-electron chi connectivity index (χ1n) is 10.4. The van der Waals surface area contributed by atoms with Gasteiger partial charge in [0, 0.05) is 11.1 Å². The number of carbonyl (C=O) groups excluding carboxylic acids is 1. The maximum absolute atomic E-state index is 14.7. The van der Waals surface area contributed by atoms with Crippen molar-refractivity contribution in [2.45, 2.75) is 46.1 Å². The van der Waals surface area contributed by atoms with Crippen LogP contribution in [-0.4, -0.2) is 20.6 Å². The molecule has 0 spiro atoms. The van der Waals surface area contributed by atoms with Crippen LogP contribution in [0.4, 0.5) is 10.1 Å². The number of amides is 1. The molecule has 32 heavy (non-hydrogen) atoms. The zero-order chi connectivity index (χ0) is 23.8. The van der Waals surface area contributed by atoms with E-state index in [0.717, 1.165) is 23.1 Å². The Bertz CT molecular complexity index is 1290. The highest BCUT2D eigenvalue weighted by Crippen LogP contribution is 2.28. The van der Waals surface area contributed by atoms with Crippen LogP contribution >= 0.6 is 0 Å². The Labute approximate surface area is 189 Å². The number of hydrogen-bond donors (Lipinski definition) is 2. The lowest BCUT2D eigenvalue weighted by Gasteiger charge is -2.20. The molecule has 0 radical (unpaired) electrons.